The second-order valence-electron chi connectivity index (χ2n) is 9.38. The summed E-state index contributed by atoms with van der Waals surface area (Å²) in [7, 11) is 1.62. The molecule has 1 aliphatic rings. The summed E-state index contributed by atoms with van der Waals surface area (Å²) >= 11 is 0. The van der Waals surface area contributed by atoms with Crippen LogP contribution < -0.4 is 14.4 Å². The van der Waals surface area contributed by atoms with E-state index in [-0.39, 0.29) is 23.6 Å². The van der Waals surface area contributed by atoms with Gasteiger partial charge in [0.15, 0.2) is 0 Å². The number of benzene rings is 1. The molecular weight excluding hydrogens is 476 g/mol. The third kappa shape index (κ3) is 9.58. The molecular formula is C29H43F2N3O3. The third-order valence-electron chi connectivity index (χ3n) is 6.66. The molecule has 1 fully saturated rings. The number of hydrogen-bond acceptors (Lipinski definition) is 6. The first kappa shape index (κ1) is 30.5. The number of ketones is 1. The summed E-state index contributed by atoms with van der Waals surface area (Å²) in [6.45, 7) is 7.08. The summed E-state index contributed by atoms with van der Waals surface area (Å²) in [4.78, 5) is 20.5. The van der Waals surface area contributed by atoms with Crippen LogP contribution in [-0.2, 0) is 4.79 Å². The van der Waals surface area contributed by atoms with E-state index in [0.717, 1.165) is 43.7 Å². The number of ether oxygens (including phenoxy) is 2. The van der Waals surface area contributed by atoms with E-state index in [0.29, 0.717) is 12.2 Å². The van der Waals surface area contributed by atoms with Crippen molar-refractivity contribution in [3.8, 4) is 11.5 Å². The number of methoxy groups -OCH3 is 1. The van der Waals surface area contributed by atoms with E-state index in [1.165, 1.54) is 19.3 Å². The zero-order chi connectivity index (χ0) is 27.2. The van der Waals surface area contributed by atoms with Gasteiger partial charge in [0.2, 0.25) is 0 Å². The fraction of sp³-hybridized carbons (Fsp3) is 0.586. The molecule has 8 heteroatoms. The Kier molecular flexibility index (Phi) is 13.3. The summed E-state index contributed by atoms with van der Waals surface area (Å²) < 4.78 is 35.2. The number of rotatable bonds is 12. The number of nitrogens with zero attached hydrogens (tertiary/aromatic N) is 3. The summed E-state index contributed by atoms with van der Waals surface area (Å²) in [5.74, 6) is 1.02. The van der Waals surface area contributed by atoms with E-state index in [4.69, 9.17) is 4.74 Å². The van der Waals surface area contributed by atoms with E-state index in [1.54, 1.807) is 50.7 Å². The minimum Gasteiger partial charge on any atom is -0.494 e. The number of Topliss-reactive ketones (excluding diaryl/α,β-unsaturated/α-hetero) is 1. The highest BCUT2D eigenvalue weighted by Crippen LogP contribution is 2.38. The molecule has 0 bridgehead atoms. The van der Waals surface area contributed by atoms with Crippen molar-refractivity contribution in [3.63, 3.8) is 0 Å². The van der Waals surface area contributed by atoms with Gasteiger partial charge in [-0.05, 0) is 50.5 Å². The molecule has 6 nitrogen and oxygen atoms in total. The second-order valence-corrected chi connectivity index (χ2v) is 9.38. The van der Waals surface area contributed by atoms with Gasteiger partial charge in [-0.1, -0.05) is 40.0 Å². The number of halogens is 2. The normalized spacial score (nSPS) is 15.0. The Balaban J connectivity index is 0.000000877. The summed E-state index contributed by atoms with van der Waals surface area (Å²) in [6.07, 6.45) is 10.8. The van der Waals surface area contributed by atoms with Gasteiger partial charge in [0.05, 0.1) is 13.3 Å². The van der Waals surface area contributed by atoms with E-state index in [2.05, 4.69) is 40.3 Å². The molecule has 0 N–H and O–H groups in total. The van der Waals surface area contributed by atoms with E-state index < -0.39 is 6.61 Å². The smallest absolute Gasteiger partial charge is 0.387 e. The molecule has 0 amide bonds. The van der Waals surface area contributed by atoms with Crippen molar-refractivity contribution < 1.29 is 23.0 Å². The first-order chi connectivity index (χ1) is 17.8. The Labute approximate surface area is 221 Å². The highest BCUT2D eigenvalue weighted by Gasteiger charge is 2.30. The van der Waals surface area contributed by atoms with Crippen LogP contribution in [0.2, 0.25) is 0 Å². The Morgan fingerprint density at radius 3 is 2.24 bits per heavy atom. The van der Waals surface area contributed by atoms with Gasteiger partial charge in [0, 0.05) is 49.5 Å². The van der Waals surface area contributed by atoms with E-state index in [9.17, 15) is 13.6 Å². The Hall–Kier alpha value is -2.74. The molecule has 1 aromatic heterocycles. The maximum absolute atomic E-state index is 12.6. The van der Waals surface area contributed by atoms with Crippen LogP contribution >= 0.6 is 0 Å². The van der Waals surface area contributed by atoms with Crippen molar-refractivity contribution in [1.29, 1.82) is 0 Å². The van der Waals surface area contributed by atoms with Crippen LogP contribution in [-0.4, -0.2) is 54.6 Å². The fourth-order valence-electron chi connectivity index (χ4n) is 4.79. The van der Waals surface area contributed by atoms with Gasteiger partial charge in [-0.15, -0.1) is 0 Å². The summed E-state index contributed by atoms with van der Waals surface area (Å²) in [5, 5.41) is 0. The standard InChI is InChI=1S/C24H31F2N3O3.C5H12/c1-4-18(15-17(2)30)28-13-10-20(11-14-28)29(22-16-27-12-9-23(22)31-3)19-5-7-21(8-6-19)32-24(25)26;1-3-5-4-2/h5-9,12,16,18,20,24H,4,10-11,13-15H2,1-3H3;3-5H2,1-2H3. The zero-order valence-corrected chi connectivity index (χ0v) is 23.0. The first-order valence-corrected chi connectivity index (χ1v) is 13.4. The van der Waals surface area contributed by atoms with Crippen LogP contribution in [0.4, 0.5) is 20.2 Å². The van der Waals surface area contributed by atoms with Crippen molar-refractivity contribution in [1.82, 2.24) is 9.88 Å². The van der Waals surface area contributed by atoms with Crippen LogP contribution in [0.1, 0.15) is 72.6 Å². The third-order valence-corrected chi connectivity index (χ3v) is 6.66. The number of likely N-dealkylation sites (tertiary alicyclic amines) is 1. The molecule has 1 unspecified atom stereocenters. The lowest BCUT2D eigenvalue weighted by atomic mass is 9.97. The number of carbonyl (C=O) groups is 1. The minimum absolute atomic E-state index is 0.117. The lowest BCUT2D eigenvalue weighted by molar-refractivity contribution is -0.118. The topological polar surface area (TPSA) is 54.9 Å². The van der Waals surface area contributed by atoms with Gasteiger partial charge in [-0.2, -0.15) is 8.78 Å². The average Bonchev–Trinajstić information content (AvgIpc) is 2.89. The molecule has 2 aromatic rings. The van der Waals surface area contributed by atoms with E-state index in [1.807, 2.05) is 6.07 Å². The van der Waals surface area contributed by atoms with E-state index >= 15 is 0 Å². The monoisotopic (exact) mass is 519 g/mol. The second kappa shape index (κ2) is 16.2. The van der Waals surface area contributed by atoms with Crippen molar-refractivity contribution in [2.24, 2.45) is 0 Å². The molecule has 1 atom stereocenters. The molecule has 3 rings (SSSR count). The predicted molar refractivity (Wildman–Crippen MR) is 145 cm³/mol. The number of aromatic nitrogens is 1. The molecule has 0 aliphatic carbocycles. The van der Waals surface area contributed by atoms with Gasteiger partial charge in [0.25, 0.3) is 0 Å². The van der Waals surface area contributed by atoms with Crippen LogP contribution in [0, 0.1) is 0 Å². The molecule has 1 aromatic carbocycles. The first-order valence-electron chi connectivity index (χ1n) is 13.4. The lowest BCUT2D eigenvalue weighted by Gasteiger charge is -2.42. The van der Waals surface area contributed by atoms with Crippen LogP contribution in [0.3, 0.4) is 0 Å². The number of pyridine rings is 1. The highest BCUT2D eigenvalue weighted by molar-refractivity contribution is 5.76. The van der Waals surface area contributed by atoms with Gasteiger partial charge in [-0.3, -0.25) is 14.7 Å². The number of carbonyl (C=O) groups excluding carboxylic acids is 1. The van der Waals surface area contributed by atoms with Crippen molar-refractivity contribution >= 4 is 17.2 Å². The number of piperidine rings is 1. The molecule has 206 valence electrons. The van der Waals surface area contributed by atoms with Gasteiger partial charge >= 0.3 is 6.61 Å². The SMILES string of the molecule is CCC(CC(C)=O)N1CCC(N(c2ccc(OC(F)F)cc2)c2cnccc2OC)CC1.CCCCC. The number of unbranched alkanes of at least 4 members (excludes halogenated alkanes) is 2. The van der Waals surface area contributed by atoms with Crippen molar-refractivity contribution in [3.05, 3.63) is 42.7 Å². The number of alkyl halides is 2. The Morgan fingerprint density at radius 1 is 1.11 bits per heavy atom. The number of hydrogen-bond donors (Lipinski definition) is 0. The molecule has 37 heavy (non-hydrogen) atoms. The summed E-state index contributed by atoms with van der Waals surface area (Å²) in [5.41, 5.74) is 1.68. The maximum atomic E-state index is 12.6. The van der Waals surface area contributed by atoms with Crippen molar-refractivity contribution in [2.45, 2.75) is 91.3 Å². The van der Waals surface area contributed by atoms with Gasteiger partial charge < -0.3 is 14.4 Å². The Morgan fingerprint density at radius 2 is 1.76 bits per heavy atom. The van der Waals surface area contributed by atoms with Crippen LogP contribution in [0.25, 0.3) is 0 Å². The lowest BCUT2D eigenvalue weighted by Crippen LogP contribution is -2.47. The average molecular weight is 520 g/mol. The molecule has 0 radical (unpaired) electrons. The molecule has 2 heterocycles. The predicted octanol–water partition coefficient (Wildman–Crippen LogP) is 7.25. The fourth-order valence-corrected chi connectivity index (χ4v) is 4.79. The Bertz CT molecular complexity index is 917. The highest BCUT2D eigenvalue weighted by atomic mass is 19.3. The van der Waals surface area contributed by atoms with Gasteiger partial charge in [0.1, 0.15) is 23.0 Å². The van der Waals surface area contributed by atoms with Crippen molar-refractivity contribution in [2.75, 3.05) is 25.1 Å². The molecule has 1 aliphatic heterocycles. The van der Waals surface area contributed by atoms with Gasteiger partial charge in [-0.25, -0.2) is 0 Å². The quantitative estimate of drug-likeness (QED) is 0.294. The van der Waals surface area contributed by atoms with Crippen LogP contribution in [0.5, 0.6) is 11.5 Å². The zero-order valence-electron chi connectivity index (χ0n) is 23.0. The van der Waals surface area contributed by atoms with Crippen LogP contribution in [0.15, 0.2) is 42.7 Å². The molecule has 0 saturated carbocycles. The maximum Gasteiger partial charge on any atom is 0.387 e. The molecule has 0 spiro atoms. The minimum atomic E-state index is -2.86. The largest absolute Gasteiger partial charge is 0.494 e. The summed E-state index contributed by atoms with van der Waals surface area (Å²) in [6, 6.07) is 8.90. The number of anilines is 2. The molecule has 1 saturated heterocycles.